The highest BCUT2D eigenvalue weighted by atomic mass is 35.5. The van der Waals surface area contributed by atoms with E-state index in [9.17, 15) is 4.39 Å². The minimum absolute atomic E-state index is 0.282. The molecule has 2 aliphatic heterocycles. The van der Waals surface area contributed by atoms with E-state index in [-0.39, 0.29) is 12.0 Å². The quantitative estimate of drug-likeness (QED) is 0.538. The summed E-state index contributed by atoms with van der Waals surface area (Å²) in [5.41, 5.74) is 3.92. The average molecular weight is 438 g/mol. The van der Waals surface area contributed by atoms with Crippen LogP contribution < -0.4 is 15.0 Å². The summed E-state index contributed by atoms with van der Waals surface area (Å²) < 4.78 is 20.8. The summed E-state index contributed by atoms with van der Waals surface area (Å²) in [7, 11) is 0. The molecule has 2 aromatic carbocycles. The van der Waals surface area contributed by atoms with Gasteiger partial charge in [0.2, 0.25) is 5.88 Å². The molecule has 3 heterocycles. The van der Waals surface area contributed by atoms with Crippen molar-refractivity contribution >= 4 is 34.5 Å². The van der Waals surface area contributed by atoms with Gasteiger partial charge >= 0.3 is 0 Å². The largest absolute Gasteiger partial charge is 0.440 e. The number of anilines is 1. The number of fused-ring (bicyclic) bond motifs is 1. The molecule has 7 heteroatoms. The van der Waals surface area contributed by atoms with Crippen LogP contribution in [0.2, 0.25) is 5.02 Å². The second-order valence-electron chi connectivity index (χ2n) is 7.28. The van der Waals surface area contributed by atoms with Gasteiger partial charge in [-0.15, -0.1) is 0 Å². The first-order valence-corrected chi connectivity index (χ1v) is 10.3. The fraction of sp³-hybridized carbons (Fsp3) is 0.130. The van der Waals surface area contributed by atoms with Crippen molar-refractivity contribution in [3.8, 4) is 5.75 Å². The molecule has 2 aliphatic rings. The van der Waals surface area contributed by atoms with Crippen LogP contribution in [0.15, 0.2) is 72.4 Å². The maximum absolute atomic E-state index is 14.5. The summed E-state index contributed by atoms with van der Waals surface area (Å²) in [4.78, 5) is 6.76. The zero-order valence-corrected chi connectivity index (χ0v) is 17.6. The van der Waals surface area contributed by atoms with Gasteiger partial charge in [0, 0.05) is 40.7 Å². The average Bonchev–Trinajstić information content (AvgIpc) is 2.75. The number of hydrogen-bond acceptors (Lipinski definition) is 4. The molecule has 0 spiro atoms. The van der Waals surface area contributed by atoms with E-state index in [1.54, 1.807) is 31.5 Å². The fourth-order valence-corrected chi connectivity index (χ4v) is 4.22. The van der Waals surface area contributed by atoms with Crippen LogP contribution in [0, 0.1) is 12.7 Å². The van der Waals surface area contributed by atoms with Gasteiger partial charge in [0.1, 0.15) is 22.7 Å². The van der Waals surface area contributed by atoms with Crippen molar-refractivity contribution in [2.75, 3.05) is 4.90 Å². The highest BCUT2D eigenvalue weighted by Crippen LogP contribution is 2.41. The Morgan fingerprint density at radius 3 is 2.87 bits per heavy atom. The van der Waals surface area contributed by atoms with Gasteiger partial charge < -0.3 is 10.1 Å². The second kappa shape index (κ2) is 7.38. The molecule has 1 unspecified atom stereocenters. The molecule has 0 saturated carbocycles. The van der Waals surface area contributed by atoms with Crippen molar-refractivity contribution in [2.45, 2.75) is 19.5 Å². The van der Waals surface area contributed by atoms with E-state index in [4.69, 9.17) is 28.6 Å². The van der Waals surface area contributed by atoms with Gasteiger partial charge in [-0.1, -0.05) is 36.0 Å². The topological polar surface area (TPSA) is 37.4 Å². The first-order chi connectivity index (χ1) is 14.5. The summed E-state index contributed by atoms with van der Waals surface area (Å²) in [5, 5.41) is 4.02. The highest BCUT2D eigenvalue weighted by molar-refractivity contribution is 7.80. The lowest BCUT2D eigenvalue weighted by atomic mass is 9.98. The Balaban J connectivity index is 1.68. The van der Waals surface area contributed by atoms with Crippen molar-refractivity contribution in [1.82, 2.24) is 10.3 Å². The molecule has 0 amide bonds. The third kappa shape index (κ3) is 3.22. The van der Waals surface area contributed by atoms with Crippen molar-refractivity contribution in [2.24, 2.45) is 0 Å². The number of hydrogen-bond donors (Lipinski definition) is 1. The number of aromatic nitrogens is 1. The van der Waals surface area contributed by atoms with Gasteiger partial charge in [0.25, 0.3) is 0 Å². The van der Waals surface area contributed by atoms with Crippen molar-refractivity contribution in [1.29, 1.82) is 0 Å². The second-order valence-corrected chi connectivity index (χ2v) is 8.13. The van der Waals surface area contributed by atoms with Crippen molar-refractivity contribution in [3.05, 3.63) is 99.9 Å². The molecule has 30 heavy (non-hydrogen) atoms. The number of nitrogens with zero attached hydrogens (tertiary/aromatic N) is 2. The van der Waals surface area contributed by atoms with Crippen LogP contribution >= 0.6 is 23.8 Å². The first-order valence-electron chi connectivity index (χ1n) is 9.47. The fourth-order valence-electron chi connectivity index (χ4n) is 3.75. The van der Waals surface area contributed by atoms with Gasteiger partial charge in [-0.05, 0) is 48.9 Å². The molecule has 4 nitrogen and oxygen atoms in total. The Morgan fingerprint density at radius 1 is 1.23 bits per heavy atom. The Bertz CT molecular complexity index is 1200. The summed E-state index contributed by atoms with van der Waals surface area (Å²) in [6, 6.07) is 14.5. The number of benzene rings is 2. The maximum Gasteiger partial charge on any atom is 0.208 e. The number of ether oxygens (including phenoxy) is 1. The highest BCUT2D eigenvalue weighted by Gasteiger charge is 2.38. The van der Waals surface area contributed by atoms with Gasteiger partial charge in [0.15, 0.2) is 0 Å². The minimum atomic E-state index is -0.388. The summed E-state index contributed by atoms with van der Waals surface area (Å²) in [6.07, 6.45) is 3.66. The zero-order chi connectivity index (χ0) is 20.8. The lowest BCUT2D eigenvalue weighted by Gasteiger charge is -2.42. The van der Waals surface area contributed by atoms with E-state index in [0.29, 0.717) is 39.3 Å². The third-order valence-electron chi connectivity index (χ3n) is 5.31. The summed E-state index contributed by atoms with van der Waals surface area (Å²) >= 11 is 11.9. The molecular weight excluding hydrogens is 421 g/mol. The van der Waals surface area contributed by atoms with Crippen LogP contribution in [0.5, 0.6) is 5.75 Å². The number of aryl methyl sites for hydroxylation is 1. The normalized spacial score (nSPS) is 17.8. The van der Waals surface area contributed by atoms with Crippen molar-refractivity contribution < 1.29 is 9.13 Å². The van der Waals surface area contributed by atoms with Crippen LogP contribution in [-0.2, 0) is 6.42 Å². The molecule has 0 saturated heterocycles. The Kier molecular flexibility index (Phi) is 4.68. The molecule has 1 N–H and O–H groups in total. The molecule has 0 bridgehead atoms. The predicted molar refractivity (Wildman–Crippen MR) is 119 cm³/mol. The number of thiocarbonyl (C=S) groups is 1. The molecule has 0 fully saturated rings. The van der Waals surface area contributed by atoms with Crippen molar-refractivity contribution in [3.63, 3.8) is 0 Å². The molecule has 1 aromatic heterocycles. The van der Waals surface area contributed by atoms with Crippen LogP contribution in [0.4, 0.5) is 10.1 Å². The van der Waals surface area contributed by atoms with E-state index >= 15 is 0 Å². The minimum Gasteiger partial charge on any atom is -0.440 e. The van der Waals surface area contributed by atoms with Gasteiger partial charge in [-0.2, -0.15) is 0 Å². The summed E-state index contributed by atoms with van der Waals surface area (Å²) in [6.45, 7) is 1.74. The van der Waals surface area contributed by atoms with Gasteiger partial charge in [0.05, 0.1) is 5.57 Å². The molecule has 1 atom stereocenters. The number of halogens is 2. The molecule has 3 aromatic rings. The molecule has 150 valence electrons. The number of rotatable bonds is 2. The van der Waals surface area contributed by atoms with Gasteiger partial charge in [-0.3, -0.25) is 9.88 Å². The summed E-state index contributed by atoms with van der Waals surface area (Å²) in [5.74, 6) is 1.02. The zero-order valence-electron chi connectivity index (χ0n) is 16.0. The van der Waals surface area contributed by atoms with E-state index in [2.05, 4.69) is 10.3 Å². The van der Waals surface area contributed by atoms with Crippen LogP contribution in [-0.4, -0.2) is 9.97 Å². The van der Waals surface area contributed by atoms with Crippen LogP contribution in [0.3, 0.4) is 0 Å². The molecule has 0 radical (unpaired) electrons. The molecule has 5 rings (SSSR count). The monoisotopic (exact) mass is 437 g/mol. The maximum atomic E-state index is 14.5. The predicted octanol–water partition coefficient (Wildman–Crippen LogP) is 5.47. The first kappa shape index (κ1) is 19.0. The van der Waals surface area contributed by atoms with E-state index < -0.39 is 0 Å². The van der Waals surface area contributed by atoms with E-state index in [1.165, 1.54) is 6.07 Å². The Morgan fingerprint density at radius 2 is 2.10 bits per heavy atom. The van der Waals surface area contributed by atoms with Crippen LogP contribution in [0.1, 0.15) is 22.9 Å². The standard InChI is InChI=1S/C23H17ClFN3OS/c1-13-4-6-17(11-19(13)25)28-21(14-3-2-8-26-12-14)27-22(30)18-10-15-9-16(24)5-7-20(15)29-23(18)28/h2-9,11-12,21H,10H2,1H3,(H,27,30). The Labute approximate surface area is 184 Å². The smallest absolute Gasteiger partial charge is 0.208 e. The van der Waals surface area contributed by atoms with Crippen LogP contribution in [0.25, 0.3) is 0 Å². The number of nitrogens with one attached hydrogen (secondary N) is 1. The molecule has 0 aliphatic carbocycles. The van der Waals surface area contributed by atoms with Gasteiger partial charge in [-0.25, -0.2) is 4.39 Å². The Hall–Kier alpha value is -2.96. The number of pyridine rings is 1. The molecular formula is C23H17ClFN3OS. The van der Waals surface area contributed by atoms with E-state index in [1.807, 2.05) is 35.2 Å². The third-order valence-corrected chi connectivity index (χ3v) is 5.91. The SMILES string of the molecule is Cc1ccc(N2C3=C(Cc4cc(Cl)ccc4O3)C(=S)NC2c2cccnc2)cc1F. The lowest BCUT2D eigenvalue weighted by Crippen LogP contribution is -2.49. The lowest BCUT2D eigenvalue weighted by molar-refractivity contribution is 0.359. The van der Waals surface area contributed by atoms with E-state index in [0.717, 1.165) is 16.7 Å².